The van der Waals surface area contributed by atoms with E-state index in [0.717, 1.165) is 53.5 Å². The van der Waals surface area contributed by atoms with Crippen LogP contribution in [-0.2, 0) is 11.8 Å². The van der Waals surface area contributed by atoms with Gasteiger partial charge in [0.15, 0.2) is 0 Å². The molecule has 3 heterocycles. The molecule has 0 amide bonds. The molecule has 0 radical (unpaired) electrons. The van der Waals surface area contributed by atoms with Crippen molar-refractivity contribution < 1.29 is 9.18 Å². The van der Waals surface area contributed by atoms with E-state index in [9.17, 15) is 9.18 Å². The van der Waals surface area contributed by atoms with E-state index in [4.69, 9.17) is 0 Å². The molecule has 0 spiro atoms. The van der Waals surface area contributed by atoms with Gasteiger partial charge in [-0.3, -0.25) is 4.90 Å². The van der Waals surface area contributed by atoms with E-state index >= 15 is 0 Å². The predicted molar refractivity (Wildman–Crippen MR) is 124 cm³/mol. The number of aldehydes is 1. The average molecular weight is 432 g/mol. The van der Waals surface area contributed by atoms with E-state index in [1.807, 2.05) is 14.0 Å². The second kappa shape index (κ2) is 7.24. The maximum Gasteiger partial charge on any atom is 0.126 e. The van der Waals surface area contributed by atoms with Gasteiger partial charge in [0.05, 0.1) is 11.0 Å². The molecule has 3 atom stereocenters. The molecule has 1 unspecified atom stereocenters. The number of carbonyl (C=O) groups excluding carboxylic acids is 1. The SMILES string of the molecule is Cc1nc2cc(-c3ccc([C@@H]4C[C@H](N5CC6(F)CC5C6)CCC4C=O)cc3)ccc2n1C. The first-order valence-electron chi connectivity index (χ1n) is 11.9. The molecule has 1 aromatic heterocycles. The number of alkyl halides is 1. The van der Waals surface area contributed by atoms with Gasteiger partial charge in [0.2, 0.25) is 0 Å². The summed E-state index contributed by atoms with van der Waals surface area (Å²) in [6, 6.07) is 16.0. The molecule has 0 N–H and O–H groups in total. The van der Waals surface area contributed by atoms with Crippen LogP contribution in [0.5, 0.6) is 0 Å². The topological polar surface area (TPSA) is 38.1 Å². The Bertz CT molecular complexity index is 1180. The summed E-state index contributed by atoms with van der Waals surface area (Å²) in [5, 5.41) is 0. The van der Waals surface area contributed by atoms with Gasteiger partial charge in [0.25, 0.3) is 0 Å². The van der Waals surface area contributed by atoms with Gasteiger partial charge in [-0.05, 0) is 73.8 Å². The third-order valence-corrected chi connectivity index (χ3v) is 8.43. The highest BCUT2D eigenvalue weighted by Crippen LogP contribution is 2.51. The number of aryl methyl sites for hydroxylation is 2. The number of rotatable bonds is 4. The highest BCUT2D eigenvalue weighted by molar-refractivity contribution is 5.82. The summed E-state index contributed by atoms with van der Waals surface area (Å²) in [7, 11) is 2.04. The lowest BCUT2D eigenvalue weighted by atomic mass is 9.73. The van der Waals surface area contributed by atoms with Gasteiger partial charge >= 0.3 is 0 Å². The standard InChI is InChI=1S/C27H30FN3O/c1-17-29-25-11-20(8-10-26(25)30(17)2)18-3-5-19(6-4-18)24-12-22(9-7-21(24)15-32)31-16-27(28)13-23(31)14-27/h3-6,8,10-11,15,21-24H,7,9,12-14,16H2,1-2H3/t21?,22-,23?,24+,27?/m1/s1. The van der Waals surface area contributed by atoms with Crippen molar-refractivity contribution >= 4 is 17.3 Å². The maximum atomic E-state index is 14.5. The average Bonchev–Trinajstić information content (AvgIpc) is 3.41. The number of hydrogen-bond acceptors (Lipinski definition) is 3. The van der Waals surface area contributed by atoms with Crippen molar-refractivity contribution in [3.05, 3.63) is 53.9 Å². The number of carbonyl (C=O) groups is 1. The Morgan fingerprint density at radius 1 is 1.06 bits per heavy atom. The molecule has 4 aliphatic rings. The van der Waals surface area contributed by atoms with E-state index in [1.165, 1.54) is 5.56 Å². The highest BCUT2D eigenvalue weighted by atomic mass is 19.1. The summed E-state index contributed by atoms with van der Waals surface area (Å²) in [6.07, 6.45) is 5.42. The molecule has 4 nitrogen and oxygen atoms in total. The lowest BCUT2D eigenvalue weighted by Gasteiger charge is -2.40. The Morgan fingerprint density at radius 3 is 2.50 bits per heavy atom. The first-order valence-corrected chi connectivity index (χ1v) is 11.9. The number of imidazole rings is 1. The summed E-state index contributed by atoms with van der Waals surface area (Å²) in [6.45, 7) is 2.61. The summed E-state index contributed by atoms with van der Waals surface area (Å²) in [5.41, 5.74) is 4.76. The van der Waals surface area contributed by atoms with Crippen LogP contribution in [0.15, 0.2) is 42.5 Å². The summed E-state index contributed by atoms with van der Waals surface area (Å²) >= 11 is 0. The monoisotopic (exact) mass is 431 g/mol. The first kappa shape index (κ1) is 20.1. The van der Waals surface area contributed by atoms with Crippen molar-refractivity contribution in [1.82, 2.24) is 14.5 Å². The minimum Gasteiger partial charge on any atom is -0.331 e. The molecule has 2 bridgehead atoms. The third-order valence-electron chi connectivity index (χ3n) is 8.43. The summed E-state index contributed by atoms with van der Waals surface area (Å²) in [5.74, 6) is 1.28. The summed E-state index contributed by atoms with van der Waals surface area (Å²) < 4.78 is 16.6. The van der Waals surface area contributed by atoms with Crippen molar-refractivity contribution in [2.24, 2.45) is 13.0 Å². The van der Waals surface area contributed by atoms with Gasteiger partial charge in [-0.2, -0.15) is 0 Å². The minimum absolute atomic E-state index is 0.0573. The van der Waals surface area contributed by atoms with Crippen LogP contribution in [0.4, 0.5) is 4.39 Å². The van der Waals surface area contributed by atoms with Crippen LogP contribution in [0.3, 0.4) is 0 Å². The fourth-order valence-corrected chi connectivity index (χ4v) is 6.47. The van der Waals surface area contributed by atoms with Crippen LogP contribution >= 0.6 is 0 Å². The quantitative estimate of drug-likeness (QED) is 0.534. The van der Waals surface area contributed by atoms with E-state index < -0.39 is 5.67 Å². The Balaban J connectivity index is 1.24. The van der Waals surface area contributed by atoms with Crippen molar-refractivity contribution in [1.29, 1.82) is 0 Å². The number of hydrogen-bond donors (Lipinski definition) is 0. The van der Waals surface area contributed by atoms with Crippen molar-refractivity contribution in [3.8, 4) is 11.1 Å². The molecular formula is C27H30FN3O. The van der Waals surface area contributed by atoms with Crippen LogP contribution in [0, 0.1) is 12.8 Å². The smallest absolute Gasteiger partial charge is 0.126 e. The maximum absolute atomic E-state index is 14.5. The van der Waals surface area contributed by atoms with Crippen molar-refractivity contribution in [2.75, 3.05) is 6.54 Å². The molecule has 3 aromatic rings. The van der Waals surface area contributed by atoms with Crippen LogP contribution in [-0.4, -0.2) is 45.0 Å². The predicted octanol–water partition coefficient (Wildman–Crippen LogP) is 5.19. The van der Waals surface area contributed by atoms with Gasteiger partial charge in [-0.15, -0.1) is 0 Å². The van der Waals surface area contributed by atoms with Gasteiger partial charge in [-0.1, -0.05) is 30.3 Å². The molecule has 166 valence electrons. The van der Waals surface area contributed by atoms with Crippen LogP contribution in [0.25, 0.3) is 22.2 Å². The molecule has 2 saturated carbocycles. The molecular weight excluding hydrogens is 401 g/mol. The largest absolute Gasteiger partial charge is 0.331 e. The van der Waals surface area contributed by atoms with Crippen LogP contribution in [0.1, 0.15) is 49.4 Å². The highest BCUT2D eigenvalue weighted by Gasteiger charge is 2.57. The first-order chi connectivity index (χ1) is 15.4. The Labute approximate surface area is 188 Å². The fraction of sp³-hybridized carbons (Fsp3) is 0.481. The lowest BCUT2D eigenvalue weighted by molar-refractivity contribution is -0.112. The Kier molecular flexibility index (Phi) is 4.55. The third kappa shape index (κ3) is 3.13. The zero-order valence-electron chi connectivity index (χ0n) is 18.8. The zero-order chi connectivity index (χ0) is 22.0. The van der Waals surface area contributed by atoms with Crippen LogP contribution < -0.4 is 0 Å². The van der Waals surface area contributed by atoms with E-state index in [1.54, 1.807) is 0 Å². The molecule has 5 heteroatoms. The molecule has 7 rings (SSSR count). The second-order valence-corrected chi connectivity index (χ2v) is 10.3. The van der Waals surface area contributed by atoms with Gasteiger partial charge < -0.3 is 9.36 Å². The van der Waals surface area contributed by atoms with Crippen molar-refractivity contribution in [3.63, 3.8) is 0 Å². The second-order valence-electron chi connectivity index (χ2n) is 10.3. The zero-order valence-corrected chi connectivity index (χ0v) is 18.8. The Hall–Kier alpha value is -2.53. The van der Waals surface area contributed by atoms with Gasteiger partial charge in [0, 0.05) is 31.6 Å². The molecule has 4 fully saturated rings. The van der Waals surface area contributed by atoms with E-state index in [2.05, 4.69) is 56.9 Å². The van der Waals surface area contributed by atoms with Gasteiger partial charge in [0.1, 0.15) is 17.8 Å². The van der Waals surface area contributed by atoms with E-state index in [-0.39, 0.29) is 11.8 Å². The lowest BCUT2D eigenvalue weighted by Crippen LogP contribution is -2.42. The number of aromatic nitrogens is 2. The minimum atomic E-state index is -0.934. The normalized spacial score (nSPS) is 32.2. The number of halogens is 1. The number of benzene rings is 2. The fourth-order valence-electron chi connectivity index (χ4n) is 6.47. The molecule has 32 heavy (non-hydrogen) atoms. The Morgan fingerprint density at radius 2 is 1.81 bits per heavy atom. The molecule has 2 saturated heterocycles. The molecule has 2 aromatic carbocycles. The van der Waals surface area contributed by atoms with Gasteiger partial charge in [-0.25, -0.2) is 9.37 Å². The summed E-state index contributed by atoms with van der Waals surface area (Å²) in [4.78, 5) is 18.9. The van der Waals surface area contributed by atoms with E-state index in [0.29, 0.717) is 31.5 Å². The molecule has 2 aliphatic carbocycles. The van der Waals surface area contributed by atoms with Crippen LogP contribution in [0.2, 0.25) is 0 Å². The number of fused-ring (bicyclic) bond motifs is 2. The van der Waals surface area contributed by atoms with Crippen molar-refractivity contribution in [2.45, 2.75) is 62.7 Å². The number of nitrogens with zero attached hydrogens (tertiary/aromatic N) is 3. The molecule has 2 aliphatic heterocycles.